The quantitative estimate of drug-likeness (QED) is 0.497. The summed E-state index contributed by atoms with van der Waals surface area (Å²) in [4.78, 5) is 32.4. The van der Waals surface area contributed by atoms with Crippen LogP contribution in [0.1, 0.15) is 6.42 Å². The molecule has 1 aliphatic carbocycles. The Morgan fingerprint density at radius 1 is 1.33 bits per heavy atom. The molecule has 0 aromatic carbocycles. The van der Waals surface area contributed by atoms with Gasteiger partial charge in [-0.2, -0.15) is 0 Å². The van der Waals surface area contributed by atoms with Crippen molar-refractivity contribution in [3.8, 4) is 0 Å². The molecule has 0 amide bonds. The summed E-state index contributed by atoms with van der Waals surface area (Å²) < 4.78 is 0.169. The maximum atomic E-state index is 11.1. The summed E-state index contributed by atoms with van der Waals surface area (Å²) in [6, 6.07) is 0. The van der Waals surface area contributed by atoms with Crippen LogP contribution in [0.25, 0.3) is 0 Å². The van der Waals surface area contributed by atoms with Crippen LogP contribution in [0.4, 0.5) is 0 Å². The molecule has 12 heavy (non-hydrogen) atoms. The lowest BCUT2D eigenvalue weighted by atomic mass is 10.2. The molecule has 0 saturated heterocycles. The van der Waals surface area contributed by atoms with E-state index >= 15 is 0 Å². The molecule has 0 aromatic heterocycles. The molecular weight excluding hydrogens is 292 g/mol. The zero-order valence-corrected chi connectivity index (χ0v) is 9.01. The van der Waals surface area contributed by atoms with E-state index < -0.39 is 16.4 Å². The number of ketones is 3. The fourth-order valence-corrected chi connectivity index (χ4v) is 1.66. The molecule has 3 nitrogen and oxygen atoms in total. The first-order valence-electron chi connectivity index (χ1n) is 3.15. The monoisotopic (exact) mass is 294 g/mol. The van der Waals surface area contributed by atoms with Gasteiger partial charge in [-0.15, -0.1) is 0 Å². The van der Waals surface area contributed by atoms with Crippen LogP contribution in [-0.4, -0.2) is 22.2 Å². The molecule has 0 N–H and O–H groups in total. The molecule has 0 saturated carbocycles. The number of hydrogen-bond donors (Lipinski definition) is 0. The SMILES string of the molecule is O=C1C=C(Br)C(=O)C[C@H](Br)C1=O. The van der Waals surface area contributed by atoms with Crippen LogP contribution >= 0.6 is 31.9 Å². The van der Waals surface area contributed by atoms with Crippen molar-refractivity contribution >= 4 is 49.2 Å². The number of halogens is 2. The van der Waals surface area contributed by atoms with E-state index in [4.69, 9.17) is 0 Å². The maximum absolute atomic E-state index is 11.1. The van der Waals surface area contributed by atoms with E-state index in [1.807, 2.05) is 0 Å². The highest BCUT2D eigenvalue weighted by Crippen LogP contribution is 2.19. The van der Waals surface area contributed by atoms with E-state index in [9.17, 15) is 14.4 Å². The van der Waals surface area contributed by atoms with E-state index in [2.05, 4.69) is 31.9 Å². The van der Waals surface area contributed by atoms with Crippen molar-refractivity contribution in [3.05, 3.63) is 10.6 Å². The molecule has 1 rings (SSSR count). The predicted octanol–water partition coefficient (Wildman–Crippen LogP) is 1.14. The van der Waals surface area contributed by atoms with Crippen molar-refractivity contribution in [2.24, 2.45) is 0 Å². The largest absolute Gasteiger partial charge is 0.294 e. The lowest BCUT2D eigenvalue weighted by molar-refractivity contribution is -0.133. The Labute approximate surface area is 85.5 Å². The number of carbonyl (C=O) groups is 3. The van der Waals surface area contributed by atoms with Crippen LogP contribution in [0.15, 0.2) is 10.6 Å². The second-order valence-electron chi connectivity index (χ2n) is 2.32. The summed E-state index contributed by atoms with van der Waals surface area (Å²) in [6.07, 6.45) is 1.05. The molecule has 1 aliphatic rings. The third kappa shape index (κ3) is 1.90. The summed E-state index contributed by atoms with van der Waals surface area (Å²) >= 11 is 5.88. The Bertz CT molecular complexity index is 293. The zero-order valence-electron chi connectivity index (χ0n) is 5.84. The average molecular weight is 296 g/mol. The summed E-state index contributed by atoms with van der Waals surface area (Å²) in [5.74, 6) is -1.46. The molecule has 0 unspecified atom stereocenters. The van der Waals surface area contributed by atoms with Gasteiger partial charge < -0.3 is 0 Å². The van der Waals surface area contributed by atoms with Crippen LogP contribution in [-0.2, 0) is 14.4 Å². The van der Waals surface area contributed by atoms with Gasteiger partial charge >= 0.3 is 0 Å². The van der Waals surface area contributed by atoms with Gasteiger partial charge in [0.2, 0.25) is 11.6 Å². The summed E-state index contributed by atoms with van der Waals surface area (Å²) in [5.41, 5.74) is 0. The predicted molar refractivity (Wildman–Crippen MR) is 49.4 cm³/mol. The highest BCUT2D eigenvalue weighted by atomic mass is 79.9. The lowest BCUT2D eigenvalue weighted by Gasteiger charge is -1.99. The van der Waals surface area contributed by atoms with Crippen LogP contribution < -0.4 is 0 Å². The molecular formula is C7H4Br2O3. The van der Waals surface area contributed by atoms with Crippen molar-refractivity contribution in [1.82, 2.24) is 0 Å². The molecule has 0 spiro atoms. The van der Waals surface area contributed by atoms with E-state index in [0.717, 1.165) is 6.08 Å². The third-order valence-electron chi connectivity index (χ3n) is 1.42. The van der Waals surface area contributed by atoms with E-state index in [1.165, 1.54) is 0 Å². The van der Waals surface area contributed by atoms with Crippen molar-refractivity contribution < 1.29 is 14.4 Å². The fraction of sp³-hybridized carbons (Fsp3) is 0.286. The summed E-state index contributed by atoms with van der Waals surface area (Å²) in [5, 5.41) is 0. The van der Waals surface area contributed by atoms with Gasteiger partial charge in [-0.1, -0.05) is 15.9 Å². The number of hydrogen-bond acceptors (Lipinski definition) is 3. The summed E-state index contributed by atoms with van der Waals surface area (Å²) in [6.45, 7) is 0. The molecule has 0 aromatic rings. The van der Waals surface area contributed by atoms with Crippen LogP contribution in [0.2, 0.25) is 0 Å². The number of alkyl halides is 1. The molecule has 0 bridgehead atoms. The van der Waals surface area contributed by atoms with Gasteiger partial charge in [0.05, 0.1) is 9.31 Å². The number of Topliss-reactive ketones (excluding diaryl/α,β-unsaturated/α-hetero) is 2. The number of rotatable bonds is 0. The van der Waals surface area contributed by atoms with Gasteiger partial charge in [0, 0.05) is 12.5 Å². The molecule has 0 heterocycles. The molecule has 0 radical (unpaired) electrons. The molecule has 5 heteroatoms. The Morgan fingerprint density at radius 2 is 1.92 bits per heavy atom. The Balaban J connectivity index is 3.03. The standard InChI is InChI=1S/C7H4Br2O3/c8-3-1-6(11)7(12)4(9)2-5(3)10/h1,4H,2H2/t4-/m0/s1. The minimum absolute atomic E-state index is 0.0294. The van der Waals surface area contributed by atoms with Gasteiger partial charge in [0.25, 0.3) is 0 Å². The first kappa shape index (κ1) is 9.80. The second-order valence-corrected chi connectivity index (χ2v) is 4.28. The minimum atomic E-state index is -0.677. The van der Waals surface area contributed by atoms with Crippen molar-refractivity contribution in [2.45, 2.75) is 11.2 Å². The lowest BCUT2D eigenvalue weighted by Crippen LogP contribution is -2.21. The van der Waals surface area contributed by atoms with Gasteiger partial charge in [-0.05, 0) is 15.9 Å². The topological polar surface area (TPSA) is 51.2 Å². The summed E-state index contributed by atoms with van der Waals surface area (Å²) in [7, 11) is 0. The first-order chi connectivity index (χ1) is 5.52. The smallest absolute Gasteiger partial charge is 0.223 e. The van der Waals surface area contributed by atoms with Gasteiger partial charge in [0.1, 0.15) is 0 Å². The van der Waals surface area contributed by atoms with Crippen LogP contribution in [0.3, 0.4) is 0 Å². The Morgan fingerprint density at radius 3 is 2.50 bits per heavy atom. The molecule has 1 atom stereocenters. The Kier molecular flexibility index (Phi) is 2.95. The van der Waals surface area contributed by atoms with Gasteiger partial charge in [-0.3, -0.25) is 14.4 Å². The number of allylic oxidation sites excluding steroid dienone is 2. The number of carbonyl (C=O) groups excluding carboxylic acids is 3. The van der Waals surface area contributed by atoms with Crippen molar-refractivity contribution in [1.29, 1.82) is 0 Å². The van der Waals surface area contributed by atoms with E-state index in [-0.39, 0.29) is 16.7 Å². The molecule has 64 valence electrons. The van der Waals surface area contributed by atoms with Crippen LogP contribution in [0.5, 0.6) is 0 Å². The highest BCUT2D eigenvalue weighted by Gasteiger charge is 2.28. The normalized spacial score (nSPS) is 25.3. The van der Waals surface area contributed by atoms with E-state index in [0.29, 0.717) is 0 Å². The molecule has 0 aliphatic heterocycles. The van der Waals surface area contributed by atoms with Gasteiger partial charge in [-0.25, -0.2) is 0 Å². The third-order valence-corrected chi connectivity index (χ3v) is 2.83. The van der Waals surface area contributed by atoms with Gasteiger partial charge in [0.15, 0.2) is 5.78 Å². The van der Waals surface area contributed by atoms with Crippen molar-refractivity contribution in [3.63, 3.8) is 0 Å². The first-order valence-corrected chi connectivity index (χ1v) is 4.86. The Hall–Kier alpha value is -0.290. The molecule has 0 fully saturated rings. The zero-order chi connectivity index (χ0) is 9.30. The minimum Gasteiger partial charge on any atom is -0.294 e. The fourth-order valence-electron chi connectivity index (χ4n) is 0.774. The van der Waals surface area contributed by atoms with Crippen LogP contribution in [0, 0.1) is 0 Å². The van der Waals surface area contributed by atoms with Crippen molar-refractivity contribution in [2.75, 3.05) is 0 Å². The highest BCUT2D eigenvalue weighted by molar-refractivity contribution is 9.12. The van der Waals surface area contributed by atoms with E-state index in [1.54, 1.807) is 0 Å². The second kappa shape index (κ2) is 3.62. The maximum Gasteiger partial charge on any atom is 0.223 e. The average Bonchev–Trinajstić information content (AvgIpc) is 2.07.